The van der Waals surface area contributed by atoms with E-state index < -0.39 is 12.2 Å². The molecule has 2 rings (SSSR count). The molecule has 0 amide bonds. The van der Waals surface area contributed by atoms with Crippen LogP contribution in [0.1, 0.15) is 6.42 Å². The zero-order valence-corrected chi connectivity index (χ0v) is 7.26. The Hall–Kier alpha value is -0.200. The van der Waals surface area contributed by atoms with E-state index in [9.17, 15) is 5.11 Å². The molecule has 2 aliphatic heterocycles. The molecule has 5 nitrogen and oxygen atoms in total. The summed E-state index contributed by atoms with van der Waals surface area (Å²) in [5.74, 6) is 0. The van der Waals surface area contributed by atoms with E-state index in [1.807, 2.05) is 0 Å². The largest absolute Gasteiger partial charge is 0.394 e. The van der Waals surface area contributed by atoms with Crippen molar-refractivity contribution in [1.82, 2.24) is 0 Å². The van der Waals surface area contributed by atoms with Crippen LogP contribution in [0.5, 0.6) is 0 Å². The van der Waals surface area contributed by atoms with Crippen molar-refractivity contribution in [2.75, 3.05) is 19.8 Å². The van der Waals surface area contributed by atoms with E-state index >= 15 is 0 Å². The molecule has 0 spiro atoms. The zero-order chi connectivity index (χ0) is 9.26. The molecule has 5 heteroatoms. The van der Waals surface area contributed by atoms with Crippen LogP contribution >= 0.6 is 0 Å². The first-order valence-electron chi connectivity index (χ1n) is 4.49. The molecule has 0 radical (unpaired) electrons. The highest BCUT2D eigenvalue weighted by Gasteiger charge is 2.40. The van der Waals surface area contributed by atoms with Crippen molar-refractivity contribution in [2.24, 2.45) is 0 Å². The quantitative estimate of drug-likeness (QED) is 0.576. The first-order chi connectivity index (χ1) is 6.31. The van der Waals surface area contributed by atoms with E-state index in [0.717, 1.165) is 0 Å². The minimum atomic E-state index is -0.609. The molecule has 0 unspecified atom stereocenters. The fourth-order valence-corrected chi connectivity index (χ4v) is 1.69. The second-order valence-corrected chi connectivity index (χ2v) is 3.31. The minimum absolute atomic E-state index is 0.162. The van der Waals surface area contributed by atoms with Gasteiger partial charge in [-0.3, -0.25) is 0 Å². The summed E-state index contributed by atoms with van der Waals surface area (Å²) >= 11 is 0. The van der Waals surface area contributed by atoms with Gasteiger partial charge in [0.15, 0.2) is 6.29 Å². The molecule has 0 saturated carbocycles. The van der Waals surface area contributed by atoms with Gasteiger partial charge in [0.2, 0.25) is 0 Å². The molecular weight excluding hydrogens is 176 g/mol. The Morgan fingerprint density at radius 1 is 1.23 bits per heavy atom. The van der Waals surface area contributed by atoms with Gasteiger partial charge in [-0.25, -0.2) is 0 Å². The van der Waals surface area contributed by atoms with Crippen molar-refractivity contribution in [2.45, 2.75) is 31.0 Å². The van der Waals surface area contributed by atoms with E-state index in [1.165, 1.54) is 0 Å². The summed E-state index contributed by atoms with van der Waals surface area (Å²) in [6.45, 7) is 0.985. The molecule has 2 heterocycles. The van der Waals surface area contributed by atoms with Gasteiger partial charge in [-0.05, 0) is 0 Å². The first kappa shape index (κ1) is 9.36. The van der Waals surface area contributed by atoms with Gasteiger partial charge in [0, 0.05) is 6.42 Å². The Bertz CT molecular complexity index is 168. The highest BCUT2D eigenvalue weighted by atomic mass is 16.7. The van der Waals surface area contributed by atoms with Crippen LogP contribution in [-0.4, -0.2) is 54.6 Å². The summed E-state index contributed by atoms with van der Waals surface area (Å²) in [6, 6.07) is 0. The monoisotopic (exact) mass is 190 g/mol. The third-order valence-corrected chi connectivity index (χ3v) is 2.38. The van der Waals surface area contributed by atoms with Crippen LogP contribution in [0.4, 0.5) is 0 Å². The van der Waals surface area contributed by atoms with E-state index in [-0.39, 0.29) is 19.0 Å². The average Bonchev–Trinajstić information content (AvgIpc) is 2.71. The van der Waals surface area contributed by atoms with Gasteiger partial charge in [0.25, 0.3) is 0 Å². The van der Waals surface area contributed by atoms with Gasteiger partial charge in [-0.2, -0.15) is 0 Å². The van der Waals surface area contributed by atoms with Crippen LogP contribution in [0, 0.1) is 0 Å². The topological polar surface area (TPSA) is 68.2 Å². The number of aliphatic hydroxyl groups is 2. The van der Waals surface area contributed by atoms with Crippen molar-refractivity contribution in [3.8, 4) is 0 Å². The Labute approximate surface area is 76.2 Å². The smallest absolute Gasteiger partial charge is 0.184 e. The third kappa shape index (κ3) is 1.84. The Morgan fingerprint density at radius 3 is 2.46 bits per heavy atom. The summed E-state index contributed by atoms with van der Waals surface area (Å²) in [5.41, 5.74) is 0. The van der Waals surface area contributed by atoms with E-state index in [1.54, 1.807) is 0 Å². The molecule has 13 heavy (non-hydrogen) atoms. The van der Waals surface area contributed by atoms with Gasteiger partial charge in [0.1, 0.15) is 12.2 Å². The summed E-state index contributed by atoms with van der Waals surface area (Å²) in [5, 5.41) is 18.3. The Balaban J connectivity index is 1.88. The van der Waals surface area contributed by atoms with Crippen molar-refractivity contribution < 1.29 is 24.4 Å². The fraction of sp³-hybridized carbons (Fsp3) is 1.00. The fourth-order valence-electron chi connectivity index (χ4n) is 1.69. The number of aliphatic hydroxyl groups excluding tert-OH is 2. The average molecular weight is 190 g/mol. The van der Waals surface area contributed by atoms with Gasteiger partial charge in [0.05, 0.1) is 25.9 Å². The van der Waals surface area contributed by atoms with Crippen LogP contribution in [0.25, 0.3) is 0 Å². The Kier molecular flexibility index (Phi) is 2.80. The van der Waals surface area contributed by atoms with Crippen molar-refractivity contribution in [1.29, 1.82) is 0 Å². The lowest BCUT2D eigenvalue weighted by Gasteiger charge is -2.16. The second kappa shape index (κ2) is 3.89. The molecule has 76 valence electrons. The number of hydrogen-bond acceptors (Lipinski definition) is 5. The van der Waals surface area contributed by atoms with Gasteiger partial charge in [-0.1, -0.05) is 0 Å². The summed E-state index contributed by atoms with van der Waals surface area (Å²) in [6.07, 6.45) is -1.24. The maximum atomic E-state index is 9.42. The molecule has 0 aromatic carbocycles. The SMILES string of the molecule is OC[C@H]1O[C@@H](C2OCCO2)C[C@@H]1O. The predicted octanol–water partition coefficient (Wildman–Crippen LogP) is -1.13. The number of rotatable bonds is 2. The standard InChI is InChI=1S/C8H14O5/c9-4-7-5(10)3-6(13-7)8-11-1-2-12-8/h5-10H,1-4H2/t5-,6+,7+/m0/s1. The molecular formula is C8H14O5. The summed E-state index contributed by atoms with van der Waals surface area (Å²) in [7, 11) is 0. The summed E-state index contributed by atoms with van der Waals surface area (Å²) in [4.78, 5) is 0. The second-order valence-electron chi connectivity index (χ2n) is 3.31. The minimum Gasteiger partial charge on any atom is -0.394 e. The van der Waals surface area contributed by atoms with Crippen molar-refractivity contribution in [3.05, 3.63) is 0 Å². The lowest BCUT2D eigenvalue weighted by atomic mass is 10.1. The maximum absolute atomic E-state index is 9.42. The Morgan fingerprint density at radius 2 is 1.92 bits per heavy atom. The van der Waals surface area contributed by atoms with E-state index in [0.29, 0.717) is 19.6 Å². The van der Waals surface area contributed by atoms with Crippen molar-refractivity contribution in [3.63, 3.8) is 0 Å². The highest BCUT2D eigenvalue weighted by Crippen LogP contribution is 2.26. The molecule has 0 aromatic rings. The molecule has 2 saturated heterocycles. The van der Waals surface area contributed by atoms with Crippen LogP contribution in [0.15, 0.2) is 0 Å². The predicted molar refractivity (Wildman–Crippen MR) is 42.1 cm³/mol. The normalized spacial score (nSPS) is 41.5. The van der Waals surface area contributed by atoms with Crippen LogP contribution in [0.2, 0.25) is 0 Å². The number of hydrogen-bond donors (Lipinski definition) is 2. The van der Waals surface area contributed by atoms with Crippen molar-refractivity contribution >= 4 is 0 Å². The number of ether oxygens (including phenoxy) is 3. The molecule has 2 N–H and O–H groups in total. The van der Waals surface area contributed by atoms with Crippen LogP contribution in [0.3, 0.4) is 0 Å². The van der Waals surface area contributed by atoms with Gasteiger partial charge < -0.3 is 24.4 Å². The van der Waals surface area contributed by atoms with Crippen LogP contribution in [-0.2, 0) is 14.2 Å². The molecule has 0 aliphatic carbocycles. The molecule has 0 bridgehead atoms. The lowest BCUT2D eigenvalue weighted by Crippen LogP contribution is -2.28. The molecule has 2 aliphatic rings. The third-order valence-electron chi connectivity index (χ3n) is 2.38. The van der Waals surface area contributed by atoms with Gasteiger partial charge in [-0.15, -0.1) is 0 Å². The molecule has 3 atom stereocenters. The van der Waals surface area contributed by atoms with E-state index in [4.69, 9.17) is 19.3 Å². The maximum Gasteiger partial charge on any atom is 0.184 e. The molecule has 2 fully saturated rings. The lowest BCUT2D eigenvalue weighted by molar-refractivity contribution is -0.143. The van der Waals surface area contributed by atoms with Gasteiger partial charge >= 0.3 is 0 Å². The molecule has 0 aromatic heterocycles. The highest BCUT2D eigenvalue weighted by molar-refractivity contribution is 4.84. The first-order valence-corrected chi connectivity index (χ1v) is 4.49. The van der Waals surface area contributed by atoms with E-state index in [2.05, 4.69) is 0 Å². The summed E-state index contributed by atoms with van der Waals surface area (Å²) < 4.78 is 15.8. The zero-order valence-electron chi connectivity index (χ0n) is 7.26. The van der Waals surface area contributed by atoms with Crippen LogP contribution < -0.4 is 0 Å².